The smallest absolute Gasteiger partial charge is 0.279 e. The van der Waals surface area contributed by atoms with Crippen LogP contribution in [0.2, 0.25) is 0 Å². The maximum Gasteiger partial charge on any atom is 0.279 e. The Morgan fingerprint density at radius 1 is 0.900 bits per heavy atom. The fraction of sp³-hybridized carbons (Fsp3) is 0.318. The average molecular weight is 413 g/mol. The number of likely N-dealkylation sites (N-methyl/N-ethyl adjacent to an activating group) is 2. The summed E-state index contributed by atoms with van der Waals surface area (Å²) in [5.41, 5.74) is 1.73. The molecule has 8 nitrogen and oxygen atoms in total. The summed E-state index contributed by atoms with van der Waals surface area (Å²) in [5.74, 6) is 0.256. The minimum atomic E-state index is -0.247. The number of carbonyl (C=O) groups is 3. The van der Waals surface area contributed by atoms with Crippen molar-refractivity contribution in [2.45, 2.75) is 6.92 Å². The first-order chi connectivity index (χ1) is 14.3. The third kappa shape index (κ3) is 7.21. The van der Waals surface area contributed by atoms with Gasteiger partial charge in [-0.2, -0.15) is 0 Å². The zero-order valence-corrected chi connectivity index (χ0v) is 17.8. The summed E-state index contributed by atoms with van der Waals surface area (Å²) >= 11 is 0. The van der Waals surface area contributed by atoms with Crippen molar-refractivity contribution in [1.82, 2.24) is 4.90 Å². The number of ether oxygens (including phenoxy) is 1. The number of nitrogens with zero attached hydrogens (tertiary/aromatic N) is 1. The van der Waals surface area contributed by atoms with Crippen molar-refractivity contribution < 1.29 is 24.0 Å². The van der Waals surface area contributed by atoms with Gasteiger partial charge in [0.25, 0.3) is 17.7 Å². The molecule has 2 rings (SSSR count). The standard InChI is InChI=1S/C22H28N4O4/c1-5-30-19-12-10-18(11-13-19)24-22(29)16-6-8-17(9-7-16)23-20(27)14-26(4)15-21(28)25(2)3/h6-13H,5,14-15H2,1-4H3,(H,23,27)(H,24,29)/p+1. The number of nitrogens with one attached hydrogen (secondary N) is 3. The summed E-state index contributed by atoms with van der Waals surface area (Å²) in [6.07, 6.45) is 0. The van der Waals surface area contributed by atoms with Crippen LogP contribution in [0.15, 0.2) is 48.5 Å². The van der Waals surface area contributed by atoms with Crippen LogP contribution in [0.25, 0.3) is 0 Å². The largest absolute Gasteiger partial charge is 0.494 e. The van der Waals surface area contributed by atoms with E-state index >= 15 is 0 Å². The second-order valence-corrected chi connectivity index (χ2v) is 7.14. The van der Waals surface area contributed by atoms with Crippen LogP contribution in [0.3, 0.4) is 0 Å². The van der Waals surface area contributed by atoms with Crippen LogP contribution in [-0.2, 0) is 9.59 Å². The molecule has 0 saturated carbocycles. The molecule has 3 amide bonds. The minimum absolute atomic E-state index is 0.0387. The predicted octanol–water partition coefficient (Wildman–Crippen LogP) is 0.879. The fourth-order valence-corrected chi connectivity index (χ4v) is 2.67. The Hall–Kier alpha value is -3.39. The molecule has 0 aliphatic carbocycles. The Balaban J connectivity index is 1.87. The number of carbonyl (C=O) groups excluding carboxylic acids is 3. The normalized spacial score (nSPS) is 11.3. The van der Waals surface area contributed by atoms with Gasteiger partial charge in [-0.15, -0.1) is 0 Å². The van der Waals surface area contributed by atoms with Gasteiger partial charge >= 0.3 is 0 Å². The third-order valence-electron chi connectivity index (χ3n) is 4.27. The van der Waals surface area contributed by atoms with E-state index in [1.165, 1.54) is 4.90 Å². The van der Waals surface area contributed by atoms with E-state index in [1.807, 2.05) is 6.92 Å². The molecule has 0 radical (unpaired) electrons. The van der Waals surface area contributed by atoms with Crippen LogP contribution in [0, 0.1) is 0 Å². The Morgan fingerprint density at radius 2 is 1.47 bits per heavy atom. The van der Waals surface area contributed by atoms with Crippen LogP contribution in [-0.4, -0.2) is 63.5 Å². The maximum absolute atomic E-state index is 12.4. The van der Waals surface area contributed by atoms with Gasteiger partial charge in [-0.1, -0.05) is 0 Å². The SMILES string of the molecule is CCOc1ccc(NC(=O)c2ccc(NC(=O)C[NH+](C)CC(=O)N(C)C)cc2)cc1. The van der Waals surface area contributed by atoms with E-state index < -0.39 is 0 Å². The second kappa shape index (κ2) is 11.0. The Labute approximate surface area is 176 Å². The quantitative estimate of drug-likeness (QED) is 0.569. The van der Waals surface area contributed by atoms with Crippen molar-refractivity contribution in [1.29, 1.82) is 0 Å². The Kier molecular flexibility index (Phi) is 8.37. The molecule has 1 atom stereocenters. The maximum atomic E-state index is 12.4. The molecule has 1 unspecified atom stereocenters. The summed E-state index contributed by atoms with van der Waals surface area (Å²) in [6, 6.07) is 13.8. The van der Waals surface area contributed by atoms with Crippen molar-refractivity contribution in [3.05, 3.63) is 54.1 Å². The van der Waals surface area contributed by atoms with Gasteiger partial charge in [0.1, 0.15) is 5.75 Å². The van der Waals surface area contributed by atoms with E-state index in [-0.39, 0.29) is 30.8 Å². The monoisotopic (exact) mass is 413 g/mol. The minimum Gasteiger partial charge on any atom is -0.494 e. The number of hydrogen-bond donors (Lipinski definition) is 3. The van der Waals surface area contributed by atoms with Crippen LogP contribution in [0.1, 0.15) is 17.3 Å². The summed E-state index contributed by atoms with van der Waals surface area (Å²) in [6.45, 7) is 2.90. The molecule has 30 heavy (non-hydrogen) atoms. The molecule has 160 valence electrons. The molecule has 0 heterocycles. The molecule has 0 saturated heterocycles. The van der Waals surface area contributed by atoms with Crippen LogP contribution in [0.5, 0.6) is 5.75 Å². The number of anilines is 2. The molecular formula is C22H29N4O4+. The number of hydrogen-bond acceptors (Lipinski definition) is 4. The van der Waals surface area contributed by atoms with E-state index in [4.69, 9.17) is 4.74 Å². The fourth-order valence-electron chi connectivity index (χ4n) is 2.67. The van der Waals surface area contributed by atoms with Crippen molar-refractivity contribution >= 4 is 29.1 Å². The molecule has 0 bridgehead atoms. The average Bonchev–Trinajstić information content (AvgIpc) is 2.69. The van der Waals surface area contributed by atoms with E-state index in [0.29, 0.717) is 23.5 Å². The molecule has 0 aliphatic rings. The summed E-state index contributed by atoms with van der Waals surface area (Å²) < 4.78 is 5.38. The highest BCUT2D eigenvalue weighted by atomic mass is 16.5. The highest BCUT2D eigenvalue weighted by molar-refractivity contribution is 6.04. The first-order valence-electron chi connectivity index (χ1n) is 9.74. The van der Waals surface area contributed by atoms with Gasteiger partial charge in [-0.3, -0.25) is 14.4 Å². The molecule has 0 aromatic heterocycles. The number of amides is 3. The van der Waals surface area contributed by atoms with Crippen LogP contribution in [0.4, 0.5) is 11.4 Å². The Bertz CT molecular complexity index is 864. The number of benzene rings is 2. The van der Waals surface area contributed by atoms with Gasteiger partial charge in [-0.25, -0.2) is 0 Å². The summed E-state index contributed by atoms with van der Waals surface area (Å²) in [5, 5.41) is 5.60. The van der Waals surface area contributed by atoms with Crippen molar-refractivity contribution in [2.75, 3.05) is 51.5 Å². The van der Waals surface area contributed by atoms with Crippen LogP contribution < -0.4 is 20.3 Å². The molecule has 2 aromatic carbocycles. The van der Waals surface area contributed by atoms with E-state index in [9.17, 15) is 14.4 Å². The van der Waals surface area contributed by atoms with Gasteiger partial charge in [0, 0.05) is 31.0 Å². The Morgan fingerprint density at radius 3 is 2.03 bits per heavy atom. The molecule has 0 spiro atoms. The van der Waals surface area contributed by atoms with Gasteiger partial charge < -0.3 is 25.2 Å². The molecule has 2 aromatic rings. The van der Waals surface area contributed by atoms with Crippen molar-refractivity contribution in [3.63, 3.8) is 0 Å². The molecule has 3 N–H and O–H groups in total. The van der Waals surface area contributed by atoms with Crippen LogP contribution >= 0.6 is 0 Å². The molecular weight excluding hydrogens is 384 g/mol. The van der Waals surface area contributed by atoms with E-state index in [1.54, 1.807) is 69.7 Å². The van der Waals surface area contributed by atoms with Crippen molar-refractivity contribution in [2.24, 2.45) is 0 Å². The zero-order chi connectivity index (χ0) is 22.1. The predicted molar refractivity (Wildman–Crippen MR) is 116 cm³/mol. The van der Waals surface area contributed by atoms with E-state index in [0.717, 1.165) is 10.6 Å². The van der Waals surface area contributed by atoms with E-state index in [2.05, 4.69) is 10.6 Å². The van der Waals surface area contributed by atoms with Gasteiger partial charge in [0.05, 0.1) is 13.7 Å². The molecule has 0 aliphatic heterocycles. The van der Waals surface area contributed by atoms with Gasteiger partial charge in [0.15, 0.2) is 13.1 Å². The summed E-state index contributed by atoms with van der Waals surface area (Å²) in [7, 11) is 5.15. The van der Waals surface area contributed by atoms with Gasteiger partial charge in [-0.05, 0) is 55.5 Å². The first-order valence-corrected chi connectivity index (χ1v) is 9.74. The lowest BCUT2D eigenvalue weighted by Gasteiger charge is -2.16. The van der Waals surface area contributed by atoms with Crippen molar-refractivity contribution in [3.8, 4) is 5.75 Å². The van der Waals surface area contributed by atoms with Gasteiger partial charge in [0.2, 0.25) is 0 Å². The number of quaternary nitrogens is 1. The highest BCUT2D eigenvalue weighted by Crippen LogP contribution is 2.17. The topological polar surface area (TPSA) is 92.2 Å². The number of rotatable bonds is 9. The summed E-state index contributed by atoms with van der Waals surface area (Å²) in [4.78, 5) is 38.5. The first kappa shape index (κ1) is 22.9. The molecule has 0 fully saturated rings. The highest BCUT2D eigenvalue weighted by Gasteiger charge is 2.15. The molecule has 8 heteroatoms. The second-order valence-electron chi connectivity index (χ2n) is 7.14. The third-order valence-corrected chi connectivity index (χ3v) is 4.27. The lowest BCUT2D eigenvalue weighted by molar-refractivity contribution is -0.862. The lowest BCUT2D eigenvalue weighted by atomic mass is 10.2. The zero-order valence-electron chi connectivity index (χ0n) is 17.8. The lowest BCUT2D eigenvalue weighted by Crippen LogP contribution is -3.11.